The van der Waals surface area contributed by atoms with Crippen molar-refractivity contribution in [3.63, 3.8) is 0 Å². The molecule has 2 aromatic heterocycles. The Labute approximate surface area is 186 Å². The standard InChI is InChI=1S/C26H23N3O3/c27-16-20-6-2-4-8-24(20)31-17-21-9-10-25(32-21)26(30)29-13-11-18(12-14-29)23-15-19-5-1-3-7-22(19)28-23/h1-10,15,18,28H,11-14,17H2. The first kappa shape index (κ1) is 20.0. The maximum atomic E-state index is 12.9. The van der Waals surface area contributed by atoms with Gasteiger partial charge in [-0.15, -0.1) is 0 Å². The molecule has 0 aliphatic carbocycles. The summed E-state index contributed by atoms with van der Waals surface area (Å²) in [5, 5.41) is 10.4. The molecule has 1 aliphatic heterocycles. The summed E-state index contributed by atoms with van der Waals surface area (Å²) in [6, 6.07) is 23.1. The summed E-state index contributed by atoms with van der Waals surface area (Å²) in [6.45, 7) is 1.55. The molecule has 0 radical (unpaired) electrons. The summed E-state index contributed by atoms with van der Waals surface area (Å²) < 4.78 is 11.4. The largest absolute Gasteiger partial charge is 0.484 e. The zero-order valence-corrected chi connectivity index (χ0v) is 17.6. The van der Waals surface area contributed by atoms with Crippen LogP contribution in [0.5, 0.6) is 5.75 Å². The van der Waals surface area contributed by atoms with Crippen LogP contribution >= 0.6 is 0 Å². The molecule has 0 bridgehead atoms. The Morgan fingerprint density at radius 2 is 1.88 bits per heavy atom. The molecule has 160 valence electrons. The number of nitriles is 1. The Kier molecular flexibility index (Phi) is 5.39. The van der Waals surface area contributed by atoms with Gasteiger partial charge >= 0.3 is 0 Å². The Bertz CT molecular complexity index is 1260. The van der Waals surface area contributed by atoms with E-state index in [1.807, 2.05) is 23.1 Å². The van der Waals surface area contributed by atoms with Gasteiger partial charge in [0.2, 0.25) is 0 Å². The Hall–Kier alpha value is -3.98. The SMILES string of the molecule is N#Cc1ccccc1OCc1ccc(C(=O)N2CCC(c3cc4ccccc4[nH]3)CC2)o1. The third-order valence-corrected chi connectivity index (χ3v) is 6.02. The van der Waals surface area contributed by atoms with Gasteiger partial charge in [0.25, 0.3) is 5.91 Å². The minimum Gasteiger partial charge on any atom is -0.484 e. The molecular formula is C26H23N3O3. The zero-order chi connectivity index (χ0) is 21.9. The molecular weight excluding hydrogens is 402 g/mol. The number of ether oxygens (including phenoxy) is 1. The number of aromatic nitrogens is 1. The van der Waals surface area contributed by atoms with Crippen LogP contribution in [0.15, 0.2) is 71.1 Å². The van der Waals surface area contributed by atoms with E-state index in [1.165, 1.54) is 11.1 Å². The lowest BCUT2D eigenvalue weighted by molar-refractivity contribution is 0.0676. The lowest BCUT2D eigenvalue weighted by Crippen LogP contribution is -2.37. The number of H-pyrrole nitrogens is 1. The van der Waals surface area contributed by atoms with Crippen LogP contribution in [0.1, 0.15) is 46.3 Å². The van der Waals surface area contributed by atoms with E-state index in [0.29, 0.717) is 41.8 Å². The number of amides is 1. The van der Waals surface area contributed by atoms with Gasteiger partial charge in [-0.1, -0.05) is 30.3 Å². The number of furan rings is 1. The number of carbonyl (C=O) groups is 1. The first-order chi connectivity index (χ1) is 15.7. The first-order valence-electron chi connectivity index (χ1n) is 10.8. The molecule has 0 unspecified atom stereocenters. The van der Waals surface area contributed by atoms with E-state index in [4.69, 9.17) is 14.4 Å². The Morgan fingerprint density at radius 3 is 2.69 bits per heavy atom. The molecule has 6 nitrogen and oxygen atoms in total. The molecule has 5 rings (SSSR count). The highest BCUT2D eigenvalue weighted by Crippen LogP contribution is 2.30. The number of para-hydroxylation sites is 2. The predicted molar refractivity (Wildman–Crippen MR) is 120 cm³/mol. The second-order valence-corrected chi connectivity index (χ2v) is 8.04. The van der Waals surface area contributed by atoms with Crippen LogP contribution in [0.2, 0.25) is 0 Å². The molecule has 4 aromatic rings. The predicted octanol–water partition coefficient (Wildman–Crippen LogP) is 5.23. The fourth-order valence-corrected chi connectivity index (χ4v) is 4.27. The Morgan fingerprint density at radius 1 is 1.09 bits per heavy atom. The topological polar surface area (TPSA) is 82.3 Å². The van der Waals surface area contributed by atoms with Crippen molar-refractivity contribution in [2.45, 2.75) is 25.4 Å². The van der Waals surface area contributed by atoms with Gasteiger partial charge < -0.3 is 19.0 Å². The van der Waals surface area contributed by atoms with E-state index in [2.05, 4.69) is 29.3 Å². The van der Waals surface area contributed by atoms with Crippen molar-refractivity contribution in [1.82, 2.24) is 9.88 Å². The number of likely N-dealkylation sites (tertiary alicyclic amines) is 1. The fourth-order valence-electron chi connectivity index (χ4n) is 4.27. The number of carbonyl (C=O) groups excluding carboxylic acids is 1. The average molecular weight is 425 g/mol. The number of aromatic amines is 1. The van der Waals surface area contributed by atoms with Crippen LogP contribution in [-0.4, -0.2) is 28.9 Å². The maximum absolute atomic E-state index is 12.9. The molecule has 1 saturated heterocycles. The number of rotatable bonds is 5. The van der Waals surface area contributed by atoms with Crippen LogP contribution in [0.25, 0.3) is 10.9 Å². The van der Waals surface area contributed by atoms with Gasteiger partial charge in [-0.3, -0.25) is 4.79 Å². The minimum absolute atomic E-state index is 0.0937. The molecule has 2 aromatic carbocycles. The van der Waals surface area contributed by atoms with E-state index in [0.717, 1.165) is 18.4 Å². The van der Waals surface area contributed by atoms with E-state index in [9.17, 15) is 4.79 Å². The van der Waals surface area contributed by atoms with Crippen LogP contribution in [0.3, 0.4) is 0 Å². The second kappa shape index (κ2) is 8.64. The van der Waals surface area contributed by atoms with Gasteiger partial charge in [0.1, 0.15) is 24.2 Å². The molecule has 32 heavy (non-hydrogen) atoms. The fraction of sp³-hybridized carbons (Fsp3) is 0.231. The van der Waals surface area contributed by atoms with Crippen molar-refractivity contribution in [2.75, 3.05) is 13.1 Å². The number of nitrogens with one attached hydrogen (secondary N) is 1. The smallest absolute Gasteiger partial charge is 0.289 e. The molecule has 1 amide bonds. The monoisotopic (exact) mass is 425 g/mol. The summed E-state index contributed by atoms with van der Waals surface area (Å²) in [7, 11) is 0. The average Bonchev–Trinajstić information content (AvgIpc) is 3.50. The molecule has 6 heteroatoms. The molecule has 3 heterocycles. The zero-order valence-electron chi connectivity index (χ0n) is 17.6. The van der Waals surface area contributed by atoms with Gasteiger partial charge in [0.05, 0.1) is 5.56 Å². The van der Waals surface area contributed by atoms with Gasteiger partial charge in [0, 0.05) is 30.2 Å². The second-order valence-electron chi connectivity index (χ2n) is 8.04. The van der Waals surface area contributed by atoms with Crippen molar-refractivity contribution in [3.8, 4) is 11.8 Å². The first-order valence-corrected chi connectivity index (χ1v) is 10.8. The summed E-state index contributed by atoms with van der Waals surface area (Å²) in [4.78, 5) is 18.3. The van der Waals surface area contributed by atoms with E-state index < -0.39 is 0 Å². The van der Waals surface area contributed by atoms with Crippen molar-refractivity contribution in [3.05, 3.63) is 89.5 Å². The summed E-state index contributed by atoms with van der Waals surface area (Å²) in [5.41, 5.74) is 2.87. The number of piperidine rings is 1. The van der Waals surface area contributed by atoms with Crippen LogP contribution in [0.4, 0.5) is 0 Å². The van der Waals surface area contributed by atoms with E-state index in [1.54, 1.807) is 30.3 Å². The maximum Gasteiger partial charge on any atom is 0.289 e. The van der Waals surface area contributed by atoms with E-state index in [-0.39, 0.29) is 12.5 Å². The van der Waals surface area contributed by atoms with Crippen LogP contribution in [-0.2, 0) is 6.61 Å². The number of nitrogens with zero attached hydrogens (tertiary/aromatic N) is 2. The summed E-state index contributed by atoms with van der Waals surface area (Å²) >= 11 is 0. The highest BCUT2D eigenvalue weighted by atomic mass is 16.5. The Balaban J connectivity index is 1.18. The van der Waals surface area contributed by atoms with Gasteiger partial charge in [-0.05, 0) is 54.6 Å². The molecule has 0 atom stereocenters. The van der Waals surface area contributed by atoms with Crippen molar-refractivity contribution >= 4 is 16.8 Å². The third-order valence-electron chi connectivity index (χ3n) is 6.02. The number of fused-ring (bicyclic) bond motifs is 1. The third kappa shape index (κ3) is 3.97. The molecule has 1 aliphatic rings. The molecule has 1 fully saturated rings. The lowest BCUT2D eigenvalue weighted by atomic mass is 9.93. The molecule has 1 N–H and O–H groups in total. The van der Waals surface area contributed by atoms with Crippen molar-refractivity contribution in [1.29, 1.82) is 5.26 Å². The number of hydrogen-bond acceptors (Lipinski definition) is 4. The molecule has 0 spiro atoms. The minimum atomic E-state index is -0.0937. The number of hydrogen-bond donors (Lipinski definition) is 1. The molecule has 0 saturated carbocycles. The lowest BCUT2D eigenvalue weighted by Gasteiger charge is -2.31. The van der Waals surface area contributed by atoms with Crippen LogP contribution < -0.4 is 4.74 Å². The normalized spacial score (nSPS) is 14.4. The highest BCUT2D eigenvalue weighted by Gasteiger charge is 2.27. The highest BCUT2D eigenvalue weighted by molar-refractivity contribution is 5.91. The van der Waals surface area contributed by atoms with Gasteiger partial charge in [-0.25, -0.2) is 0 Å². The van der Waals surface area contributed by atoms with Crippen molar-refractivity contribution in [2.24, 2.45) is 0 Å². The van der Waals surface area contributed by atoms with Crippen molar-refractivity contribution < 1.29 is 13.9 Å². The number of benzene rings is 2. The quantitative estimate of drug-likeness (QED) is 0.475. The summed E-state index contributed by atoms with van der Waals surface area (Å²) in [6.07, 6.45) is 1.83. The summed E-state index contributed by atoms with van der Waals surface area (Å²) in [5.74, 6) is 1.70. The van der Waals surface area contributed by atoms with Crippen LogP contribution in [0, 0.1) is 11.3 Å². The van der Waals surface area contributed by atoms with Gasteiger partial charge in [-0.2, -0.15) is 5.26 Å². The van der Waals surface area contributed by atoms with Gasteiger partial charge in [0.15, 0.2) is 5.76 Å². The van der Waals surface area contributed by atoms with E-state index >= 15 is 0 Å².